The molecule has 0 amide bonds. The summed E-state index contributed by atoms with van der Waals surface area (Å²) in [6.07, 6.45) is 0. The Morgan fingerprint density at radius 3 is 2.54 bits per heavy atom. The van der Waals surface area contributed by atoms with Gasteiger partial charge in [0.1, 0.15) is 5.82 Å². The van der Waals surface area contributed by atoms with Crippen molar-refractivity contribution in [1.82, 2.24) is 5.48 Å². The molecule has 1 unspecified atom stereocenters. The fourth-order valence-electron chi connectivity index (χ4n) is 0.939. The highest BCUT2D eigenvalue weighted by atomic mass is 35.5. The minimum absolute atomic E-state index is 0.0288. The third-order valence-corrected chi connectivity index (χ3v) is 2.32. The van der Waals surface area contributed by atoms with E-state index < -0.39 is 11.9 Å². The Morgan fingerprint density at radius 1 is 1.38 bits per heavy atom. The molecule has 0 spiro atoms. The lowest BCUT2D eigenvalue weighted by atomic mass is 10.1. The zero-order valence-electron chi connectivity index (χ0n) is 6.81. The molecule has 2 nitrogen and oxygen atoms in total. The Kier molecular flexibility index (Phi) is 3.50. The lowest BCUT2D eigenvalue weighted by Crippen LogP contribution is -2.13. The summed E-state index contributed by atoms with van der Waals surface area (Å²) in [5.41, 5.74) is 2.44. The van der Waals surface area contributed by atoms with Crippen molar-refractivity contribution in [2.45, 2.75) is 13.0 Å². The van der Waals surface area contributed by atoms with Gasteiger partial charge in [-0.3, -0.25) is 0 Å². The van der Waals surface area contributed by atoms with Gasteiger partial charge in [0.25, 0.3) is 0 Å². The molecule has 0 saturated heterocycles. The first-order valence-electron chi connectivity index (χ1n) is 3.60. The Balaban J connectivity index is 3.15. The van der Waals surface area contributed by atoms with Crippen molar-refractivity contribution in [3.05, 3.63) is 33.6 Å². The van der Waals surface area contributed by atoms with E-state index in [1.54, 1.807) is 6.92 Å². The van der Waals surface area contributed by atoms with Gasteiger partial charge in [-0.05, 0) is 24.6 Å². The first-order chi connectivity index (χ1) is 6.06. The summed E-state index contributed by atoms with van der Waals surface area (Å²) in [5.74, 6) is -0.553. The normalized spacial score (nSPS) is 13.0. The fourth-order valence-corrected chi connectivity index (χ4v) is 1.49. The van der Waals surface area contributed by atoms with Gasteiger partial charge in [0.05, 0.1) is 11.1 Å². The van der Waals surface area contributed by atoms with Crippen LogP contribution >= 0.6 is 23.2 Å². The molecule has 1 atom stereocenters. The predicted molar refractivity (Wildman–Crippen MR) is 49.8 cm³/mol. The van der Waals surface area contributed by atoms with Crippen LogP contribution in [0.25, 0.3) is 0 Å². The van der Waals surface area contributed by atoms with Crippen molar-refractivity contribution < 1.29 is 9.60 Å². The van der Waals surface area contributed by atoms with E-state index in [9.17, 15) is 4.39 Å². The van der Waals surface area contributed by atoms with Crippen molar-refractivity contribution in [2.75, 3.05) is 0 Å². The smallest absolute Gasteiger partial charge is 0.142 e. The number of nitrogens with one attached hydrogen (secondary N) is 1. The number of rotatable bonds is 2. The molecule has 0 radical (unpaired) electrons. The van der Waals surface area contributed by atoms with Gasteiger partial charge in [-0.15, -0.1) is 0 Å². The molecule has 13 heavy (non-hydrogen) atoms. The second-order valence-corrected chi connectivity index (χ2v) is 3.45. The van der Waals surface area contributed by atoms with E-state index in [2.05, 4.69) is 0 Å². The third-order valence-electron chi connectivity index (χ3n) is 1.70. The van der Waals surface area contributed by atoms with Crippen LogP contribution < -0.4 is 5.48 Å². The van der Waals surface area contributed by atoms with Gasteiger partial charge in [-0.2, -0.15) is 5.48 Å². The molecule has 72 valence electrons. The van der Waals surface area contributed by atoms with Gasteiger partial charge < -0.3 is 5.21 Å². The van der Waals surface area contributed by atoms with Crippen molar-refractivity contribution in [3.63, 3.8) is 0 Å². The second kappa shape index (κ2) is 4.24. The van der Waals surface area contributed by atoms with Gasteiger partial charge in [0.15, 0.2) is 0 Å². The van der Waals surface area contributed by atoms with Crippen LogP contribution in [0, 0.1) is 5.82 Å². The predicted octanol–water partition coefficient (Wildman–Crippen LogP) is 3.17. The largest absolute Gasteiger partial charge is 0.316 e. The summed E-state index contributed by atoms with van der Waals surface area (Å²) in [4.78, 5) is 0. The van der Waals surface area contributed by atoms with Gasteiger partial charge in [-0.25, -0.2) is 4.39 Å². The Hall–Kier alpha value is -0.350. The maximum atomic E-state index is 13.0. The third kappa shape index (κ3) is 2.31. The average Bonchev–Trinajstić information content (AvgIpc) is 2.10. The second-order valence-electron chi connectivity index (χ2n) is 2.64. The molecule has 0 saturated carbocycles. The van der Waals surface area contributed by atoms with E-state index in [1.807, 2.05) is 5.48 Å². The van der Waals surface area contributed by atoms with E-state index in [0.717, 1.165) is 0 Å². The van der Waals surface area contributed by atoms with Crippen molar-refractivity contribution in [3.8, 4) is 0 Å². The highest BCUT2D eigenvalue weighted by Gasteiger charge is 2.12. The van der Waals surface area contributed by atoms with Crippen LogP contribution in [-0.4, -0.2) is 5.21 Å². The maximum absolute atomic E-state index is 13.0. The lowest BCUT2D eigenvalue weighted by molar-refractivity contribution is 0.133. The summed E-state index contributed by atoms with van der Waals surface area (Å²) in [6, 6.07) is 2.07. The molecule has 0 aliphatic carbocycles. The Bertz CT molecular complexity index is 319. The van der Waals surface area contributed by atoms with Crippen LogP contribution in [-0.2, 0) is 0 Å². The first kappa shape index (κ1) is 10.7. The van der Waals surface area contributed by atoms with Crippen LogP contribution in [0.5, 0.6) is 0 Å². The molecular formula is C8H8Cl2FNO. The molecule has 0 fully saturated rings. The van der Waals surface area contributed by atoms with Crippen LogP contribution in [0.2, 0.25) is 10.0 Å². The van der Waals surface area contributed by atoms with Crippen LogP contribution in [0.15, 0.2) is 12.1 Å². The Morgan fingerprint density at radius 2 is 2.00 bits per heavy atom. The average molecular weight is 224 g/mol. The van der Waals surface area contributed by atoms with E-state index in [1.165, 1.54) is 12.1 Å². The quantitative estimate of drug-likeness (QED) is 0.597. The maximum Gasteiger partial charge on any atom is 0.142 e. The molecule has 0 aliphatic rings. The van der Waals surface area contributed by atoms with Crippen LogP contribution in [0.4, 0.5) is 4.39 Å². The number of hydrogen-bond acceptors (Lipinski definition) is 2. The van der Waals surface area contributed by atoms with E-state index in [-0.39, 0.29) is 5.02 Å². The molecule has 5 heteroatoms. The van der Waals surface area contributed by atoms with Crippen molar-refractivity contribution >= 4 is 23.2 Å². The highest BCUT2D eigenvalue weighted by Crippen LogP contribution is 2.28. The number of halogens is 3. The van der Waals surface area contributed by atoms with E-state index >= 15 is 0 Å². The zero-order chi connectivity index (χ0) is 10.0. The molecule has 0 aromatic heterocycles. The van der Waals surface area contributed by atoms with Crippen LogP contribution in [0.3, 0.4) is 0 Å². The minimum atomic E-state index is -0.553. The van der Waals surface area contributed by atoms with Crippen molar-refractivity contribution in [2.24, 2.45) is 0 Å². The van der Waals surface area contributed by atoms with Gasteiger partial charge >= 0.3 is 0 Å². The lowest BCUT2D eigenvalue weighted by Gasteiger charge is -2.11. The van der Waals surface area contributed by atoms with Crippen LogP contribution in [0.1, 0.15) is 18.5 Å². The fraction of sp³-hybridized carbons (Fsp3) is 0.250. The molecule has 0 bridgehead atoms. The summed E-state index contributed by atoms with van der Waals surface area (Å²) >= 11 is 11.3. The van der Waals surface area contributed by atoms with E-state index in [4.69, 9.17) is 28.4 Å². The van der Waals surface area contributed by atoms with Gasteiger partial charge in [0.2, 0.25) is 0 Å². The molecule has 1 aromatic rings. The monoisotopic (exact) mass is 223 g/mol. The number of hydroxylamine groups is 1. The SMILES string of the molecule is CC(NO)c1cc(F)c(Cl)cc1Cl. The minimum Gasteiger partial charge on any atom is -0.316 e. The summed E-state index contributed by atoms with van der Waals surface area (Å²) in [7, 11) is 0. The molecule has 0 heterocycles. The standard InChI is InChI=1S/C8H8Cl2FNO/c1-4(12-13)5-2-8(11)7(10)3-6(5)9/h2-4,12-13H,1H3. The van der Waals surface area contributed by atoms with E-state index in [0.29, 0.717) is 10.6 Å². The molecule has 2 N–H and O–H groups in total. The summed E-state index contributed by atoms with van der Waals surface area (Å²) in [5, 5.41) is 8.90. The highest BCUT2D eigenvalue weighted by molar-refractivity contribution is 6.35. The number of benzene rings is 1. The zero-order valence-corrected chi connectivity index (χ0v) is 8.33. The molecule has 0 aliphatic heterocycles. The Labute approximate surface area is 85.2 Å². The molecular weight excluding hydrogens is 216 g/mol. The summed E-state index contributed by atoms with van der Waals surface area (Å²) in [6.45, 7) is 1.65. The van der Waals surface area contributed by atoms with Gasteiger partial charge in [-0.1, -0.05) is 23.2 Å². The first-order valence-corrected chi connectivity index (χ1v) is 4.36. The summed E-state index contributed by atoms with van der Waals surface area (Å²) < 4.78 is 13.0. The molecule has 1 aromatic carbocycles. The number of hydrogen-bond donors (Lipinski definition) is 2. The molecule has 1 rings (SSSR count). The van der Waals surface area contributed by atoms with Gasteiger partial charge in [0, 0.05) is 5.02 Å². The topological polar surface area (TPSA) is 32.3 Å². The van der Waals surface area contributed by atoms with Crippen molar-refractivity contribution in [1.29, 1.82) is 0 Å².